The summed E-state index contributed by atoms with van der Waals surface area (Å²) in [7, 11) is 2.85. The first-order valence-corrected chi connectivity index (χ1v) is 18.6. The smallest absolute Gasteiger partial charge is 0.339 e. The van der Waals surface area contributed by atoms with E-state index in [4.69, 9.17) is 9.47 Å². The van der Waals surface area contributed by atoms with Crippen LogP contribution in [-0.2, 0) is 35.4 Å². The lowest BCUT2D eigenvalue weighted by molar-refractivity contribution is 0.0590. The third kappa shape index (κ3) is 7.49. The summed E-state index contributed by atoms with van der Waals surface area (Å²) in [4.78, 5) is 33.7. The van der Waals surface area contributed by atoms with Crippen LogP contribution in [0.5, 0.6) is 0 Å². The molecule has 0 aliphatic heterocycles. The minimum Gasteiger partial charge on any atom is -0.465 e. The highest BCUT2D eigenvalue weighted by atomic mass is 79.9. The molecule has 6 aromatic rings. The molecule has 8 nitrogen and oxygen atoms in total. The van der Waals surface area contributed by atoms with Gasteiger partial charge in [-0.05, 0) is 137 Å². The SMILES string of the molecule is CCn1cc(Br)c2cc(Cc3ncc(C4CC4)cc3C(=O)OC)ccc21.CCn1ccc2cc(Cc3ncc(C4CC4)cc3C(=O)OC)ccc21. The summed E-state index contributed by atoms with van der Waals surface area (Å²) < 4.78 is 15.5. The van der Waals surface area contributed by atoms with Crippen LogP contribution < -0.4 is 0 Å². The highest BCUT2D eigenvalue weighted by molar-refractivity contribution is 9.10. The molecule has 9 heteroatoms. The van der Waals surface area contributed by atoms with E-state index in [1.165, 1.54) is 61.7 Å². The van der Waals surface area contributed by atoms with E-state index in [0.717, 1.165) is 51.2 Å². The average Bonchev–Trinajstić information content (AvgIpc) is 4.11. The van der Waals surface area contributed by atoms with Crippen LogP contribution in [0.2, 0.25) is 0 Å². The van der Waals surface area contributed by atoms with Crippen LogP contribution in [0.4, 0.5) is 0 Å². The Morgan fingerprint density at radius 1 is 0.725 bits per heavy atom. The number of carbonyl (C=O) groups is 2. The lowest BCUT2D eigenvalue weighted by Crippen LogP contribution is -2.09. The molecule has 0 N–H and O–H groups in total. The van der Waals surface area contributed by atoms with E-state index in [1.54, 1.807) is 0 Å². The van der Waals surface area contributed by atoms with E-state index < -0.39 is 0 Å². The van der Waals surface area contributed by atoms with Gasteiger partial charge in [0.05, 0.1) is 36.7 Å². The van der Waals surface area contributed by atoms with E-state index in [2.05, 4.69) is 104 Å². The maximum absolute atomic E-state index is 12.3. The molecule has 8 rings (SSSR count). The summed E-state index contributed by atoms with van der Waals surface area (Å²) in [5.74, 6) is 0.508. The summed E-state index contributed by atoms with van der Waals surface area (Å²) in [5, 5.41) is 2.40. The highest BCUT2D eigenvalue weighted by Crippen LogP contribution is 2.41. The number of halogens is 1. The number of fused-ring (bicyclic) bond motifs is 2. The largest absolute Gasteiger partial charge is 0.465 e. The number of nitrogens with zero attached hydrogens (tertiary/aromatic N) is 4. The predicted molar refractivity (Wildman–Crippen MR) is 204 cm³/mol. The first-order chi connectivity index (χ1) is 24.8. The van der Waals surface area contributed by atoms with Gasteiger partial charge in [-0.1, -0.05) is 12.1 Å². The van der Waals surface area contributed by atoms with Crippen molar-refractivity contribution in [3.05, 3.63) is 129 Å². The lowest BCUT2D eigenvalue weighted by Gasteiger charge is -2.10. The summed E-state index contributed by atoms with van der Waals surface area (Å²) in [6.07, 6.45) is 14.0. The van der Waals surface area contributed by atoms with Crippen LogP contribution in [0, 0.1) is 0 Å². The van der Waals surface area contributed by atoms with Crippen molar-refractivity contribution in [2.24, 2.45) is 0 Å². The molecular formula is C42H43BrN4O4. The Labute approximate surface area is 306 Å². The predicted octanol–water partition coefficient (Wildman–Crippen LogP) is 9.38. The van der Waals surface area contributed by atoms with E-state index in [1.807, 2.05) is 24.5 Å². The summed E-state index contributed by atoms with van der Waals surface area (Å²) in [5.41, 5.74) is 9.75. The van der Waals surface area contributed by atoms with E-state index in [0.29, 0.717) is 35.8 Å². The third-order valence-corrected chi connectivity index (χ3v) is 10.7. The van der Waals surface area contributed by atoms with E-state index in [9.17, 15) is 9.59 Å². The molecule has 2 saturated carbocycles. The van der Waals surface area contributed by atoms with Gasteiger partial charge < -0.3 is 18.6 Å². The molecule has 0 amide bonds. The molecule has 0 atom stereocenters. The Morgan fingerprint density at radius 2 is 1.25 bits per heavy atom. The number of rotatable bonds is 10. The fraction of sp³-hybridized carbons (Fsp3) is 0.333. The Kier molecular flexibility index (Phi) is 10.1. The van der Waals surface area contributed by atoms with Crippen molar-refractivity contribution in [2.75, 3.05) is 14.2 Å². The number of methoxy groups -OCH3 is 2. The standard InChI is InChI=1S/C21H21BrN2O2.C21H22N2O2/c1-3-24-12-18(22)16-8-13(4-7-20(16)24)9-19-17(21(25)26-2)10-15(11-23-19)14-5-6-14;1-3-23-9-8-16-10-14(4-7-20(16)23)11-19-18(21(24)25-2)12-17(13-22-19)15-5-6-15/h4,7-8,10-12,14H,3,5-6,9H2,1-2H3;4,7-10,12-13,15H,3,5-6,11H2,1-2H3. The van der Waals surface area contributed by atoms with Gasteiger partial charge in [-0.3, -0.25) is 9.97 Å². The van der Waals surface area contributed by atoms with Crippen LogP contribution in [0.15, 0.2) is 83.9 Å². The van der Waals surface area contributed by atoms with Crippen molar-refractivity contribution in [2.45, 2.75) is 77.3 Å². The number of hydrogen-bond acceptors (Lipinski definition) is 6. The number of esters is 2. The number of pyridine rings is 2. The monoisotopic (exact) mass is 746 g/mol. The van der Waals surface area contributed by atoms with E-state index in [-0.39, 0.29) is 11.9 Å². The van der Waals surface area contributed by atoms with Gasteiger partial charge >= 0.3 is 11.9 Å². The Bertz CT molecular complexity index is 2250. The molecule has 2 aliphatic rings. The average molecular weight is 748 g/mol. The second-order valence-electron chi connectivity index (χ2n) is 13.5. The Morgan fingerprint density at radius 3 is 1.76 bits per heavy atom. The summed E-state index contributed by atoms with van der Waals surface area (Å²) in [6, 6.07) is 18.9. The molecular weight excluding hydrogens is 704 g/mol. The van der Waals surface area contributed by atoms with Crippen molar-refractivity contribution in [3.8, 4) is 0 Å². The van der Waals surface area contributed by atoms with Crippen molar-refractivity contribution in [3.63, 3.8) is 0 Å². The van der Waals surface area contributed by atoms with Crippen LogP contribution in [0.3, 0.4) is 0 Å². The molecule has 4 heterocycles. The second-order valence-corrected chi connectivity index (χ2v) is 14.4. The van der Waals surface area contributed by atoms with Gasteiger partial charge in [-0.15, -0.1) is 0 Å². The Hall–Kier alpha value is -4.76. The first kappa shape index (κ1) is 34.7. The zero-order valence-electron chi connectivity index (χ0n) is 29.6. The zero-order valence-corrected chi connectivity index (χ0v) is 31.2. The fourth-order valence-corrected chi connectivity index (χ4v) is 7.41. The van der Waals surface area contributed by atoms with Gasteiger partial charge in [0.25, 0.3) is 0 Å². The summed E-state index contributed by atoms with van der Waals surface area (Å²) >= 11 is 3.65. The molecule has 0 radical (unpaired) electrons. The maximum atomic E-state index is 12.3. The van der Waals surface area contributed by atoms with Gasteiger partial charge in [-0.25, -0.2) is 9.59 Å². The quantitative estimate of drug-likeness (QED) is 0.130. The number of benzene rings is 2. The van der Waals surface area contributed by atoms with E-state index >= 15 is 0 Å². The molecule has 51 heavy (non-hydrogen) atoms. The normalized spacial score (nSPS) is 14.0. The number of aryl methyl sites for hydroxylation is 2. The molecule has 0 saturated heterocycles. The number of ether oxygens (including phenoxy) is 2. The highest BCUT2D eigenvalue weighted by Gasteiger charge is 2.27. The van der Waals surface area contributed by atoms with Gasteiger partial charge in [0.2, 0.25) is 0 Å². The molecule has 4 aromatic heterocycles. The van der Waals surface area contributed by atoms with Gasteiger partial charge in [0.15, 0.2) is 0 Å². The van der Waals surface area contributed by atoms with Gasteiger partial charge in [0, 0.05) is 71.6 Å². The molecule has 2 fully saturated rings. The van der Waals surface area contributed by atoms with Crippen LogP contribution in [-0.4, -0.2) is 45.3 Å². The number of aromatic nitrogens is 4. The second kappa shape index (κ2) is 14.8. The molecule has 2 aromatic carbocycles. The van der Waals surface area contributed by atoms with Crippen LogP contribution in [0.25, 0.3) is 21.8 Å². The Balaban J connectivity index is 0.000000159. The minimum absolute atomic E-state index is 0.303. The van der Waals surface area contributed by atoms with Crippen LogP contribution >= 0.6 is 15.9 Å². The fourth-order valence-electron chi connectivity index (χ4n) is 6.85. The van der Waals surface area contributed by atoms with Crippen LogP contribution in [0.1, 0.15) is 106 Å². The molecule has 2 aliphatic carbocycles. The maximum Gasteiger partial charge on any atom is 0.339 e. The van der Waals surface area contributed by atoms with Gasteiger partial charge in [-0.2, -0.15) is 0 Å². The molecule has 262 valence electrons. The summed E-state index contributed by atoms with van der Waals surface area (Å²) in [6.45, 7) is 6.16. The number of carbonyl (C=O) groups excluding carboxylic acids is 2. The third-order valence-electron chi connectivity index (χ3n) is 10.0. The first-order valence-electron chi connectivity index (χ1n) is 17.8. The molecule has 0 bridgehead atoms. The van der Waals surface area contributed by atoms with Crippen molar-refractivity contribution < 1.29 is 19.1 Å². The molecule has 0 unspecified atom stereocenters. The zero-order chi connectivity index (χ0) is 35.6. The minimum atomic E-state index is -0.311. The lowest BCUT2D eigenvalue weighted by atomic mass is 10.0. The topological polar surface area (TPSA) is 88.2 Å². The van der Waals surface area contributed by atoms with Crippen molar-refractivity contribution >= 4 is 49.7 Å². The van der Waals surface area contributed by atoms with Gasteiger partial charge in [0.1, 0.15) is 0 Å². The molecule has 0 spiro atoms. The number of hydrogen-bond donors (Lipinski definition) is 0. The van der Waals surface area contributed by atoms with Crippen molar-refractivity contribution in [1.82, 2.24) is 19.1 Å². The van der Waals surface area contributed by atoms with Crippen molar-refractivity contribution in [1.29, 1.82) is 0 Å².